The molecule has 0 radical (unpaired) electrons. The van der Waals surface area contributed by atoms with Gasteiger partial charge in [0.1, 0.15) is 12.4 Å². The van der Waals surface area contributed by atoms with Gasteiger partial charge >= 0.3 is 0 Å². The summed E-state index contributed by atoms with van der Waals surface area (Å²) in [6, 6.07) is 14.0. The Morgan fingerprint density at radius 1 is 1.07 bits per heavy atom. The first-order chi connectivity index (χ1) is 13.0. The fourth-order valence-corrected chi connectivity index (χ4v) is 3.67. The van der Waals surface area contributed by atoms with Gasteiger partial charge in [0, 0.05) is 0 Å². The Kier molecular flexibility index (Phi) is 6.01. The fourth-order valence-electron chi connectivity index (χ4n) is 2.80. The molecule has 140 valence electrons. The second-order valence-electron chi connectivity index (χ2n) is 6.55. The SMILES string of the molecule is CCc1ccc(/C=C2\SC(=O)N(CCOc3cc(C)ccc3C)C2=O)cc1. The third-order valence-electron chi connectivity index (χ3n) is 4.48. The molecule has 0 bridgehead atoms. The van der Waals surface area contributed by atoms with Gasteiger partial charge in [0.25, 0.3) is 11.1 Å². The number of hydrogen-bond donors (Lipinski definition) is 0. The summed E-state index contributed by atoms with van der Waals surface area (Å²) in [5.74, 6) is 0.530. The highest BCUT2D eigenvalue weighted by molar-refractivity contribution is 8.18. The van der Waals surface area contributed by atoms with Crippen molar-refractivity contribution in [2.45, 2.75) is 27.2 Å². The highest BCUT2D eigenvalue weighted by Crippen LogP contribution is 2.32. The molecule has 1 heterocycles. The first-order valence-electron chi connectivity index (χ1n) is 9.02. The van der Waals surface area contributed by atoms with E-state index in [1.807, 2.05) is 56.3 Å². The van der Waals surface area contributed by atoms with E-state index in [0.29, 0.717) is 4.91 Å². The molecule has 0 spiro atoms. The van der Waals surface area contributed by atoms with Crippen LogP contribution < -0.4 is 4.74 Å². The minimum absolute atomic E-state index is 0.240. The Morgan fingerprint density at radius 2 is 1.81 bits per heavy atom. The molecule has 0 aromatic heterocycles. The smallest absolute Gasteiger partial charge is 0.293 e. The van der Waals surface area contributed by atoms with Crippen molar-refractivity contribution in [1.29, 1.82) is 0 Å². The molecule has 1 saturated heterocycles. The molecule has 0 aliphatic carbocycles. The molecule has 2 aromatic rings. The zero-order chi connectivity index (χ0) is 19.4. The largest absolute Gasteiger partial charge is 0.491 e. The lowest BCUT2D eigenvalue weighted by Gasteiger charge is -2.14. The van der Waals surface area contributed by atoms with E-state index in [1.165, 1.54) is 10.5 Å². The van der Waals surface area contributed by atoms with Crippen LogP contribution in [0, 0.1) is 13.8 Å². The third-order valence-corrected chi connectivity index (χ3v) is 5.38. The number of aryl methyl sites for hydroxylation is 3. The Morgan fingerprint density at radius 3 is 2.52 bits per heavy atom. The van der Waals surface area contributed by atoms with E-state index in [9.17, 15) is 9.59 Å². The van der Waals surface area contributed by atoms with Crippen LogP contribution in [0.25, 0.3) is 6.08 Å². The molecule has 4 nitrogen and oxygen atoms in total. The van der Waals surface area contributed by atoms with Gasteiger partial charge < -0.3 is 4.74 Å². The van der Waals surface area contributed by atoms with Gasteiger partial charge in [-0.3, -0.25) is 14.5 Å². The van der Waals surface area contributed by atoms with Crippen LogP contribution in [0.4, 0.5) is 4.79 Å². The van der Waals surface area contributed by atoms with Crippen LogP contribution in [0.3, 0.4) is 0 Å². The van der Waals surface area contributed by atoms with Crippen LogP contribution in [0.15, 0.2) is 47.4 Å². The molecule has 5 heteroatoms. The first-order valence-corrected chi connectivity index (χ1v) is 9.84. The predicted octanol–water partition coefficient (Wildman–Crippen LogP) is 4.98. The highest BCUT2D eigenvalue weighted by Gasteiger charge is 2.34. The predicted molar refractivity (Wildman–Crippen MR) is 110 cm³/mol. The van der Waals surface area contributed by atoms with Gasteiger partial charge in [-0.2, -0.15) is 0 Å². The maximum absolute atomic E-state index is 12.6. The number of benzene rings is 2. The van der Waals surface area contributed by atoms with E-state index in [1.54, 1.807) is 6.08 Å². The topological polar surface area (TPSA) is 46.6 Å². The first kappa shape index (κ1) is 19.2. The van der Waals surface area contributed by atoms with Crippen LogP contribution in [0.2, 0.25) is 0 Å². The molecule has 0 saturated carbocycles. The van der Waals surface area contributed by atoms with Crippen LogP contribution in [-0.2, 0) is 11.2 Å². The molecule has 27 heavy (non-hydrogen) atoms. The molecule has 2 amide bonds. The highest BCUT2D eigenvalue weighted by atomic mass is 32.2. The van der Waals surface area contributed by atoms with Crippen molar-refractivity contribution >= 4 is 29.0 Å². The molecule has 0 N–H and O–H groups in total. The van der Waals surface area contributed by atoms with E-state index in [0.717, 1.165) is 40.6 Å². The summed E-state index contributed by atoms with van der Waals surface area (Å²) < 4.78 is 5.78. The number of rotatable bonds is 6. The zero-order valence-corrected chi connectivity index (χ0v) is 16.6. The number of ether oxygens (including phenoxy) is 1. The zero-order valence-electron chi connectivity index (χ0n) is 15.8. The van der Waals surface area contributed by atoms with Gasteiger partial charge in [-0.25, -0.2) is 0 Å². The number of amides is 2. The monoisotopic (exact) mass is 381 g/mol. The minimum Gasteiger partial charge on any atom is -0.491 e. The quantitative estimate of drug-likeness (QED) is 0.662. The Balaban J connectivity index is 1.63. The number of carbonyl (C=O) groups is 2. The van der Waals surface area contributed by atoms with Gasteiger partial charge in [0.05, 0.1) is 11.4 Å². The lowest BCUT2D eigenvalue weighted by atomic mass is 10.1. The van der Waals surface area contributed by atoms with Crippen LogP contribution in [0.1, 0.15) is 29.2 Å². The normalized spacial score (nSPS) is 15.7. The van der Waals surface area contributed by atoms with E-state index in [4.69, 9.17) is 4.74 Å². The van der Waals surface area contributed by atoms with Gasteiger partial charge in [0.2, 0.25) is 0 Å². The third kappa shape index (κ3) is 4.61. The van der Waals surface area contributed by atoms with E-state index in [-0.39, 0.29) is 24.3 Å². The molecule has 1 fully saturated rings. The van der Waals surface area contributed by atoms with Crippen molar-refractivity contribution < 1.29 is 14.3 Å². The Labute approximate surface area is 164 Å². The average molecular weight is 381 g/mol. The summed E-state index contributed by atoms with van der Waals surface area (Å²) in [4.78, 5) is 26.5. The van der Waals surface area contributed by atoms with Crippen molar-refractivity contribution in [3.8, 4) is 5.75 Å². The molecular weight excluding hydrogens is 358 g/mol. The Bertz CT molecular complexity index is 887. The van der Waals surface area contributed by atoms with Crippen molar-refractivity contribution in [3.63, 3.8) is 0 Å². The van der Waals surface area contributed by atoms with E-state index < -0.39 is 0 Å². The lowest BCUT2D eigenvalue weighted by Crippen LogP contribution is -2.32. The minimum atomic E-state index is -0.255. The summed E-state index contributed by atoms with van der Waals surface area (Å²) in [7, 11) is 0. The Hall–Kier alpha value is -2.53. The number of hydrogen-bond acceptors (Lipinski definition) is 4. The molecule has 0 unspecified atom stereocenters. The van der Waals surface area contributed by atoms with E-state index >= 15 is 0 Å². The number of thioether (sulfide) groups is 1. The average Bonchev–Trinajstić information content (AvgIpc) is 2.92. The standard InChI is InChI=1S/C22H23NO3S/c1-4-17-7-9-18(10-8-17)14-20-21(24)23(22(25)27-20)11-12-26-19-13-15(2)5-6-16(19)3/h5-10,13-14H,4,11-12H2,1-3H3/b20-14-. The molecule has 0 atom stereocenters. The maximum Gasteiger partial charge on any atom is 0.293 e. The summed E-state index contributed by atoms with van der Waals surface area (Å²) >= 11 is 0.981. The van der Waals surface area contributed by atoms with Gasteiger partial charge in [-0.15, -0.1) is 0 Å². The van der Waals surface area contributed by atoms with Crippen molar-refractivity contribution in [1.82, 2.24) is 4.90 Å². The summed E-state index contributed by atoms with van der Waals surface area (Å²) in [5.41, 5.74) is 4.30. The molecule has 1 aliphatic rings. The van der Waals surface area contributed by atoms with Crippen molar-refractivity contribution in [3.05, 3.63) is 69.6 Å². The fraction of sp³-hybridized carbons (Fsp3) is 0.273. The summed E-state index contributed by atoms with van der Waals surface area (Å²) in [6.45, 7) is 6.59. The van der Waals surface area contributed by atoms with Gasteiger partial charge in [-0.1, -0.05) is 43.3 Å². The van der Waals surface area contributed by atoms with Crippen molar-refractivity contribution in [2.24, 2.45) is 0 Å². The number of imide groups is 1. The van der Waals surface area contributed by atoms with Crippen LogP contribution in [0.5, 0.6) is 5.75 Å². The van der Waals surface area contributed by atoms with Crippen LogP contribution >= 0.6 is 11.8 Å². The number of nitrogens with zero attached hydrogens (tertiary/aromatic N) is 1. The van der Waals surface area contributed by atoms with E-state index in [2.05, 4.69) is 6.92 Å². The summed E-state index contributed by atoms with van der Waals surface area (Å²) in [6.07, 6.45) is 2.74. The molecule has 3 rings (SSSR count). The molecular formula is C22H23NO3S. The molecule has 1 aliphatic heterocycles. The van der Waals surface area contributed by atoms with Crippen LogP contribution in [-0.4, -0.2) is 29.2 Å². The lowest BCUT2D eigenvalue weighted by molar-refractivity contribution is -0.123. The second kappa shape index (κ2) is 8.44. The van der Waals surface area contributed by atoms with Gasteiger partial charge in [-0.05, 0) is 66.4 Å². The van der Waals surface area contributed by atoms with Gasteiger partial charge in [0.15, 0.2) is 0 Å². The number of carbonyl (C=O) groups excluding carboxylic acids is 2. The van der Waals surface area contributed by atoms with Crippen molar-refractivity contribution in [2.75, 3.05) is 13.2 Å². The molecule has 2 aromatic carbocycles. The summed E-state index contributed by atoms with van der Waals surface area (Å²) in [5, 5.41) is -0.249. The second-order valence-corrected chi connectivity index (χ2v) is 7.54. The maximum atomic E-state index is 12.6.